The summed E-state index contributed by atoms with van der Waals surface area (Å²) in [5.41, 5.74) is 2.09. The lowest BCUT2D eigenvalue weighted by molar-refractivity contribution is -0.112. The quantitative estimate of drug-likeness (QED) is 0.358. The number of halogens is 3. The Morgan fingerprint density at radius 3 is 2.67 bits per heavy atom. The van der Waals surface area contributed by atoms with Gasteiger partial charge >= 0.3 is 0 Å². The molecule has 122 valence electrons. The highest BCUT2D eigenvalue weighted by Crippen LogP contribution is 2.29. The Morgan fingerprint density at radius 2 is 2.00 bits per heavy atom. The maximum atomic E-state index is 12.2. The highest BCUT2D eigenvalue weighted by molar-refractivity contribution is 14.1. The predicted molar refractivity (Wildman–Crippen MR) is 106 cm³/mol. The first-order chi connectivity index (χ1) is 11.4. The molecule has 0 aliphatic rings. The van der Waals surface area contributed by atoms with E-state index in [1.165, 1.54) is 6.20 Å². The summed E-state index contributed by atoms with van der Waals surface area (Å²) in [5, 5.41) is 15.3. The third-order valence-electron chi connectivity index (χ3n) is 3.13. The van der Waals surface area contributed by atoms with Gasteiger partial charge in [0.2, 0.25) is 0 Å². The van der Waals surface area contributed by atoms with E-state index in [0.717, 1.165) is 14.8 Å². The van der Waals surface area contributed by atoms with Crippen LogP contribution in [0.15, 0.2) is 48.2 Å². The predicted octanol–water partition coefficient (Wildman–Crippen LogP) is 5.36. The van der Waals surface area contributed by atoms with Gasteiger partial charge in [0.15, 0.2) is 0 Å². The van der Waals surface area contributed by atoms with Crippen molar-refractivity contribution in [3.05, 3.63) is 67.4 Å². The van der Waals surface area contributed by atoms with E-state index in [4.69, 9.17) is 23.2 Å². The molecule has 2 aromatic rings. The van der Waals surface area contributed by atoms with Crippen molar-refractivity contribution in [2.75, 3.05) is 10.6 Å². The number of rotatable bonds is 4. The van der Waals surface area contributed by atoms with Crippen LogP contribution in [0.1, 0.15) is 5.56 Å². The molecule has 4 nitrogen and oxygen atoms in total. The Labute approximate surface area is 163 Å². The summed E-state index contributed by atoms with van der Waals surface area (Å²) in [5.74, 6) is -0.572. The topological polar surface area (TPSA) is 64.9 Å². The third kappa shape index (κ3) is 4.63. The molecule has 24 heavy (non-hydrogen) atoms. The number of amides is 1. The number of anilines is 2. The normalized spacial score (nSPS) is 10.9. The summed E-state index contributed by atoms with van der Waals surface area (Å²) in [6.07, 6.45) is 1.36. The van der Waals surface area contributed by atoms with Crippen LogP contribution in [0.5, 0.6) is 0 Å². The summed E-state index contributed by atoms with van der Waals surface area (Å²) in [4.78, 5) is 12.2. The zero-order chi connectivity index (χ0) is 17.7. The van der Waals surface area contributed by atoms with Gasteiger partial charge in [0.05, 0.1) is 15.7 Å². The van der Waals surface area contributed by atoms with Crippen LogP contribution in [0.25, 0.3) is 0 Å². The van der Waals surface area contributed by atoms with Gasteiger partial charge in [-0.3, -0.25) is 4.79 Å². The van der Waals surface area contributed by atoms with Gasteiger partial charge in [0.1, 0.15) is 11.6 Å². The Hall–Kier alpha value is -1.75. The fraction of sp³-hybridized carbons (Fsp3) is 0.0588. The lowest BCUT2D eigenvalue weighted by Crippen LogP contribution is -2.15. The highest BCUT2D eigenvalue weighted by atomic mass is 127. The number of nitriles is 1. The zero-order valence-electron chi connectivity index (χ0n) is 12.5. The summed E-state index contributed by atoms with van der Waals surface area (Å²) in [6.45, 7) is 1.94. The van der Waals surface area contributed by atoms with E-state index >= 15 is 0 Å². The molecule has 0 aliphatic heterocycles. The largest absolute Gasteiger partial charge is 0.360 e. The Bertz CT molecular complexity index is 859. The van der Waals surface area contributed by atoms with E-state index in [2.05, 4.69) is 33.2 Å². The molecule has 2 N–H and O–H groups in total. The van der Waals surface area contributed by atoms with Crippen LogP contribution in [0.3, 0.4) is 0 Å². The van der Waals surface area contributed by atoms with Crippen molar-refractivity contribution >= 4 is 63.1 Å². The van der Waals surface area contributed by atoms with E-state index in [1.807, 2.05) is 31.2 Å². The average Bonchev–Trinajstić information content (AvgIpc) is 2.54. The summed E-state index contributed by atoms with van der Waals surface area (Å²) in [6, 6.07) is 12.6. The van der Waals surface area contributed by atoms with Crippen LogP contribution in [-0.2, 0) is 4.79 Å². The second-order valence-corrected chi connectivity index (χ2v) is 6.86. The molecule has 0 fully saturated rings. The van der Waals surface area contributed by atoms with Crippen LogP contribution in [0.2, 0.25) is 10.0 Å². The Morgan fingerprint density at radius 1 is 1.25 bits per heavy atom. The standard InChI is InChI=1S/C17H12Cl2IN3O/c1-10-7-12(20)5-6-14(10)22-9-11(8-21)17(24)23-15-4-2-3-13(18)16(15)19/h2-7,9,22H,1H3,(H,23,24)/b11-9-. The van der Waals surface area contributed by atoms with E-state index in [0.29, 0.717) is 10.7 Å². The minimum atomic E-state index is -0.572. The molecule has 0 aliphatic carbocycles. The van der Waals surface area contributed by atoms with Crippen molar-refractivity contribution in [2.24, 2.45) is 0 Å². The number of carbonyl (C=O) groups excluding carboxylic acids is 1. The van der Waals surface area contributed by atoms with Gasteiger partial charge in [0, 0.05) is 15.5 Å². The molecular formula is C17H12Cl2IN3O. The van der Waals surface area contributed by atoms with Gasteiger partial charge in [-0.05, 0) is 65.4 Å². The van der Waals surface area contributed by atoms with Crippen molar-refractivity contribution in [1.82, 2.24) is 0 Å². The molecule has 0 radical (unpaired) electrons. The first-order valence-corrected chi connectivity index (χ1v) is 8.64. The maximum absolute atomic E-state index is 12.2. The van der Waals surface area contributed by atoms with Crippen LogP contribution in [0.4, 0.5) is 11.4 Å². The maximum Gasteiger partial charge on any atom is 0.267 e. The number of nitrogens with one attached hydrogen (secondary N) is 2. The minimum Gasteiger partial charge on any atom is -0.360 e. The summed E-state index contributed by atoms with van der Waals surface area (Å²) >= 11 is 14.2. The van der Waals surface area contributed by atoms with Crippen LogP contribution < -0.4 is 10.6 Å². The number of benzene rings is 2. The van der Waals surface area contributed by atoms with E-state index in [9.17, 15) is 10.1 Å². The molecule has 2 rings (SSSR count). The fourth-order valence-corrected chi connectivity index (χ4v) is 2.87. The molecule has 0 unspecified atom stereocenters. The second kappa shape index (κ2) is 8.38. The number of carbonyl (C=O) groups is 1. The summed E-state index contributed by atoms with van der Waals surface area (Å²) < 4.78 is 1.11. The molecule has 1 amide bonds. The van der Waals surface area contributed by atoms with Gasteiger partial charge in [-0.1, -0.05) is 29.3 Å². The van der Waals surface area contributed by atoms with Gasteiger partial charge in [0.25, 0.3) is 5.91 Å². The number of nitrogens with zero attached hydrogens (tertiary/aromatic N) is 1. The SMILES string of the molecule is Cc1cc(I)ccc1N/C=C(/C#N)C(=O)Nc1cccc(Cl)c1Cl. The average molecular weight is 472 g/mol. The Balaban J connectivity index is 2.17. The number of hydrogen-bond donors (Lipinski definition) is 2. The molecule has 7 heteroatoms. The van der Waals surface area contributed by atoms with Gasteiger partial charge in [-0.2, -0.15) is 5.26 Å². The van der Waals surface area contributed by atoms with Crippen molar-refractivity contribution in [3.63, 3.8) is 0 Å². The van der Waals surface area contributed by atoms with Crippen LogP contribution >= 0.6 is 45.8 Å². The molecule has 0 aromatic heterocycles. The number of hydrogen-bond acceptors (Lipinski definition) is 3. The Kier molecular flexibility index (Phi) is 6.49. The molecule has 0 bridgehead atoms. The lowest BCUT2D eigenvalue weighted by atomic mass is 10.2. The molecule has 0 atom stereocenters. The smallest absolute Gasteiger partial charge is 0.267 e. The van der Waals surface area contributed by atoms with Gasteiger partial charge in [-0.15, -0.1) is 0 Å². The van der Waals surface area contributed by atoms with E-state index < -0.39 is 5.91 Å². The van der Waals surface area contributed by atoms with Crippen molar-refractivity contribution in [1.29, 1.82) is 5.26 Å². The fourth-order valence-electron chi connectivity index (χ4n) is 1.88. The summed E-state index contributed by atoms with van der Waals surface area (Å²) in [7, 11) is 0. The number of aryl methyl sites for hydroxylation is 1. The second-order valence-electron chi connectivity index (χ2n) is 4.83. The molecule has 0 spiro atoms. The van der Waals surface area contributed by atoms with E-state index in [1.54, 1.807) is 18.2 Å². The van der Waals surface area contributed by atoms with Gasteiger partial charge in [-0.25, -0.2) is 0 Å². The van der Waals surface area contributed by atoms with Gasteiger partial charge < -0.3 is 10.6 Å². The third-order valence-corrected chi connectivity index (χ3v) is 4.62. The molecular weight excluding hydrogens is 460 g/mol. The zero-order valence-corrected chi connectivity index (χ0v) is 16.2. The molecule has 0 saturated heterocycles. The van der Waals surface area contributed by atoms with Crippen molar-refractivity contribution in [2.45, 2.75) is 6.92 Å². The molecule has 2 aromatic carbocycles. The van der Waals surface area contributed by atoms with Crippen LogP contribution in [-0.4, -0.2) is 5.91 Å². The van der Waals surface area contributed by atoms with E-state index in [-0.39, 0.29) is 10.6 Å². The van der Waals surface area contributed by atoms with Crippen molar-refractivity contribution < 1.29 is 4.79 Å². The van der Waals surface area contributed by atoms with Crippen molar-refractivity contribution in [3.8, 4) is 6.07 Å². The van der Waals surface area contributed by atoms with Crippen LogP contribution in [0, 0.1) is 21.8 Å². The first-order valence-electron chi connectivity index (χ1n) is 6.80. The lowest BCUT2D eigenvalue weighted by Gasteiger charge is -2.09. The minimum absolute atomic E-state index is 0.0796. The first kappa shape index (κ1) is 18.6. The molecule has 0 heterocycles. The monoisotopic (exact) mass is 471 g/mol. The highest BCUT2D eigenvalue weighted by Gasteiger charge is 2.12. The molecule has 0 saturated carbocycles.